The largest absolute Gasteiger partial charge is 0.383 e. The predicted molar refractivity (Wildman–Crippen MR) is 61.5 cm³/mol. The second-order valence-corrected chi connectivity index (χ2v) is 4.17. The van der Waals surface area contributed by atoms with Gasteiger partial charge >= 0.3 is 0 Å². The summed E-state index contributed by atoms with van der Waals surface area (Å²) < 4.78 is 53.6. The number of halogens is 4. The Morgan fingerprint density at radius 2 is 1.58 bits per heavy atom. The number of benzene rings is 2. The first-order valence-electron chi connectivity index (χ1n) is 5.49. The highest BCUT2D eigenvalue weighted by Gasteiger charge is 2.21. The molecule has 0 spiro atoms. The molecule has 100 valence electrons. The molecule has 0 aliphatic rings. The minimum absolute atomic E-state index is 0.0631. The van der Waals surface area contributed by atoms with Crippen LogP contribution < -0.4 is 0 Å². The van der Waals surface area contributed by atoms with Crippen molar-refractivity contribution in [2.24, 2.45) is 0 Å². The molecular weight excluding hydrogens is 260 g/mol. The van der Waals surface area contributed by atoms with Gasteiger partial charge in [0.25, 0.3) is 0 Å². The average molecular weight is 270 g/mol. The Hall–Kier alpha value is -1.88. The van der Waals surface area contributed by atoms with E-state index in [1.54, 1.807) is 0 Å². The SMILES string of the molecule is Cc1cc(F)c(C(O)c2cccc(F)c2F)cc1F. The first kappa shape index (κ1) is 13.5. The van der Waals surface area contributed by atoms with E-state index in [0.717, 1.165) is 24.3 Å². The number of aliphatic hydroxyl groups is 1. The number of hydrogen-bond donors (Lipinski definition) is 1. The Morgan fingerprint density at radius 1 is 0.895 bits per heavy atom. The van der Waals surface area contributed by atoms with Crippen LogP contribution in [0.3, 0.4) is 0 Å². The third-order valence-corrected chi connectivity index (χ3v) is 2.85. The fraction of sp³-hybridized carbons (Fsp3) is 0.143. The predicted octanol–water partition coefficient (Wildman–Crippen LogP) is 3.63. The van der Waals surface area contributed by atoms with Crippen molar-refractivity contribution in [1.29, 1.82) is 0 Å². The summed E-state index contributed by atoms with van der Waals surface area (Å²) in [5.74, 6) is -4.05. The van der Waals surface area contributed by atoms with Gasteiger partial charge in [-0.15, -0.1) is 0 Å². The molecule has 0 heterocycles. The zero-order valence-electron chi connectivity index (χ0n) is 9.92. The van der Waals surface area contributed by atoms with Crippen LogP contribution in [0.4, 0.5) is 17.6 Å². The van der Waals surface area contributed by atoms with Gasteiger partial charge in [0.1, 0.15) is 17.7 Å². The van der Waals surface area contributed by atoms with E-state index in [1.807, 2.05) is 0 Å². The lowest BCUT2D eigenvalue weighted by atomic mass is 9.99. The molecule has 0 bridgehead atoms. The van der Waals surface area contributed by atoms with Crippen molar-refractivity contribution in [1.82, 2.24) is 0 Å². The summed E-state index contributed by atoms with van der Waals surface area (Å²) >= 11 is 0. The van der Waals surface area contributed by atoms with Crippen molar-refractivity contribution >= 4 is 0 Å². The van der Waals surface area contributed by atoms with Gasteiger partial charge in [0.2, 0.25) is 0 Å². The lowest BCUT2D eigenvalue weighted by Crippen LogP contribution is -2.07. The van der Waals surface area contributed by atoms with Gasteiger partial charge in [-0.05, 0) is 30.7 Å². The number of hydrogen-bond acceptors (Lipinski definition) is 1. The van der Waals surface area contributed by atoms with E-state index in [0.29, 0.717) is 0 Å². The van der Waals surface area contributed by atoms with Crippen LogP contribution in [0.15, 0.2) is 30.3 Å². The van der Waals surface area contributed by atoms with Crippen LogP contribution in [0.5, 0.6) is 0 Å². The molecule has 1 unspecified atom stereocenters. The van der Waals surface area contributed by atoms with Crippen molar-refractivity contribution < 1.29 is 22.7 Å². The van der Waals surface area contributed by atoms with Crippen molar-refractivity contribution in [3.8, 4) is 0 Å². The highest BCUT2D eigenvalue weighted by atomic mass is 19.2. The Morgan fingerprint density at radius 3 is 2.26 bits per heavy atom. The summed E-state index contributed by atoms with van der Waals surface area (Å²) in [6.45, 7) is 1.36. The van der Waals surface area contributed by atoms with Crippen molar-refractivity contribution in [3.63, 3.8) is 0 Å². The highest BCUT2D eigenvalue weighted by molar-refractivity contribution is 5.34. The van der Waals surface area contributed by atoms with Crippen LogP contribution in [0.2, 0.25) is 0 Å². The van der Waals surface area contributed by atoms with Gasteiger partial charge in [-0.25, -0.2) is 17.6 Å². The second-order valence-electron chi connectivity index (χ2n) is 4.17. The Balaban J connectivity index is 2.53. The molecule has 0 radical (unpaired) electrons. The summed E-state index contributed by atoms with van der Waals surface area (Å²) in [5, 5.41) is 9.88. The molecule has 1 N–H and O–H groups in total. The second kappa shape index (κ2) is 5.01. The maximum absolute atomic E-state index is 13.7. The van der Waals surface area contributed by atoms with Crippen molar-refractivity contribution in [2.75, 3.05) is 0 Å². The zero-order chi connectivity index (χ0) is 14.2. The van der Waals surface area contributed by atoms with Gasteiger partial charge in [-0.3, -0.25) is 0 Å². The van der Waals surface area contributed by atoms with Crippen LogP contribution in [0.25, 0.3) is 0 Å². The minimum Gasteiger partial charge on any atom is -0.383 e. The first-order chi connectivity index (χ1) is 8.91. The normalized spacial score (nSPS) is 12.5. The zero-order valence-corrected chi connectivity index (χ0v) is 9.92. The standard InChI is InChI=1S/C14H10F4O/c1-7-5-12(17)9(6-11(7)16)14(19)8-3-2-4-10(15)13(8)18/h2-6,14,19H,1H3. The van der Waals surface area contributed by atoms with Gasteiger partial charge in [0.05, 0.1) is 0 Å². The molecule has 0 aliphatic carbocycles. The van der Waals surface area contributed by atoms with Gasteiger partial charge in [-0.1, -0.05) is 12.1 Å². The van der Waals surface area contributed by atoms with Gasteiger partial charge in [-0.2, -0.15) is 0 Å². The number of aliphatic hydroxyl groups excluding tert-OH is 1. The van der Waals surface area contributed by atoms with Gasteiger partial charge in [0.15, 0.2) is 11.6 Å². The van der Waals surface area contributed by atoms with Gasteiger partial charge in [0, 0.05) is 11.1 Å². The first-order valence-corrected chi connectivity index (χ1v) is 5.49. The van der Waals surface area contributed by atoms with Crippen LogP contribution in [-0.2, 0) is 0 Å². The van der Waals surface area contributed by atoms with Gasteiger partial charge < -0.3 is 5.11 Å². The molecule has 5 heteroatoms. The molecule has 0 aliphatic heterocycles. The fourth-order valence-corrected chi connectivity index (χ4v) is 1.77. The van der Waals surface area contributed by atoms with E-state index in [-0.39, 0.29) is 5.56 Å². The molecule has 2 aromatic rings. The molecule has 0 aromatic heterocycles. The lowest BCUT2D eigenvalue weighted by molar-refractivity contribution is 0.207. The smallest absolute Gasteiger partial charge is 0.164 e. The van der Waals surface area contributed by atoms with E-state index >= 15 is 0 Å². The monoisotopic (exact) mass is 270 g/mol. The molecule has 1 atom stereocenters. The van der Waals surface area contributed by atoms with E-state index < -0.39 is 40.5 Å². The average Bonchev–Trinajstić information content (AvgIpc) is 2.36. The third-order valence-electron chi connectivity index (χ3n) is 2.85. The molecule has 0 saturated heterocycles. The minimum atomic E-state index is -1.77. The third kappa shape index (κ3) is 2.46. The van der Waals surface area contributed by atoms with Crippen LogP contribution in [-0.4, -0.2) is 5.11 Å². The maximum atomic E-state index is 13.7. The summed E-state index contributed by atoms with van der Waals surface area (Å²) in [5.41, 5.74) is -0.817. The van der Waals surface area contributed by atoms with E-state index in [4.69, 9.17) is 0 Å². The summed E-state index contributed by atoms with van der Waals surface area (Å²) in [7, 11) is 0. The lowest BCUT2D eigenvalue weighted by Gasteiger charge is -2.14. The molecule has 0 fully saturated rings. The Kier molecular flexibility index (Phi) is 3.57. The molecular formula is C14H10F4O. The highest BCUT2D eigenvalue weighted by Crippen LogP contribution is 2.28. The quantitative estimate of drug-likeness (QED) is 0.826. The molecule has 2 aromatic carbocycles. The molecule has 0 amide bonds. The summed E-state index contributed by atoms with van der Waals surface area (Å²) in [6, 6.07) is 4.84. The molecule has 0 saturated carbocycles. The molecule has 1 nitrogen and oxygen atoms in total. The maximum Gasteiger partial charge on any atom is 0.164 e. The number of rotatable bonds is 2. The molecule has 2 rings (SSSR count). The van der Waals surface area contributed by atoms with Crippen molar-refractivity contribution in [3.05, 3.63) is 70.3 Å². The van der Waals surface area contributed by atoms with Crippen LogP contribution >= 0.6 is 0 Å². The Bertz CT molecular complexity index is 625. The Labute approximate surface area is 107 Å². The fourth-order valence-electron chi connectivity index (χ4n) is 1.77. The summed E-state index contributed by atoms with van der Waals surface area (Å²) in [6.07, 6.45) is -1.77. The van der Waals surface area contributed by atoms with E-state index in [1.165, 1.54) is 13.0 Å². The summed E-state index contributed by atoms with van der Waals surface area (Å²) in [4.78, 5) is 0. The van der Waals surface area contributed by atoms with Crippen molar-refractivity contribution in [2.45, 2.75) is 13.0 Å². The van der Waals surface area contributed by atoms with E-state index in [2.05, 4.69) is 0 Å². The van der Waals surface area contributed by atoms with Crippen LogP contribution in [0, 0.1) is 30.2 Å². The number of aryl methyl sites for hydroxylation is 1. The molecule has 19 heavy (non-hydrogen) atoms. The topological polar surface area (TPSA) is 20.2 Å². The van der Waals surface area contributed by atoms with Crippen LogP contribution in [0.1, 0.15) is 22.8 Å². The van der Waals surface area contributed by atoms with E-state index in [9.17, 15) is 22.7 Å².